The second-order valence-electron chi connectivity index (χ2n) is 7.58. The summed E-state index contributed by atoms with van der Waals surface area (Å²) >= 11 is 0. The number of aromatic nitrogens is 2. The van der Waals surface area contributed by atoms with Crippen molar-refractivity contribution in [2.45, 2.75) is 64.4 Å². The van der Waals surface area contributed by atoms with E-state index in [1.54, 1.807) is 0 Å². The van der Waals surface area contributed by atoms with E-state index >= 15 is 0 Å². The average Bonchev–Trinajstić information content (AvgIpc) is 3.28. The highest BCUT2D eigenvalue weighted by Gasteiger charge is 2.34. The van der Waals surface area contributed by atoms with Gasteiger partial charge in [0.2, 0.25) is 0 Å². The molecule has 0 amide bonds. The molecule has 2 aromatic rings. The van der Waals surface area contributed by atoms with Crippen LogP contribution in [0.25, 0.3) is 0 Å². The molecule has 2 aliphatic heterocycles. The molecule has 0 aliphatic carbocycles. The summed E-state index contributed by atoms with van der Waals surface area (Å²) in [6.07, 6.45) is 5.87. The molecule has 0 spiro atoms. The summed E-state index contributed by atoms with van der Waals surface area (Å²) in [5.74, 6) is 2.08. The molecule has 0 radical (unpaired) electrons. The minimum atomic E-state index is -0.108. The van der Waals surface area contributed by atoms with Gasteiger partial charge in [-0.15, -0.1) is 0 Å². The van der Waals surface area contributed by atoms with Crippen LogP contribution in [0, 0.1) is 0 Å². The number of ether oxygens (including phenoxy) is 2. The van der Waals surface area contributed by atoms with Crippen LogP contribution < -0.4 is 10.1 Å². The highest BCUT2D eigenvalue weighted by molar-refractivity contribution is 5.45. The monoisotopic (exact) mass is 341 g/mol. The number of para-hydroxylation sites is 1. The fourth-order valence-electron chi connectivity index (χ4n) is 3.96. The molecule has 3 heterocycles. The van der Waals surface area contributed by atoms with E-state index in [1.165, 1.54) is 11.1 Å². The zero-order valence-electron chi connectivity index (χ0n) is 15.3. The van der Waals surface area contributed by atoms with Crippen LogP contribution >= 0.6 is 0 Å². The summed E-state index contributed by atoms with van der Waals surface area (Å²) in [5, 5.41) is 3.69. The highest BCUT2D eigenvalue weighted by atomic mass is 16.5. The van der Waals surface area contributed by atoms with E-state index in [0.29, 0.717) is 0 Å². The zero-order chi connectivity index (χ0) is 17.4. The van der Waals surface area contributed by atoms with E-state index in [4.69, 9.17) is 9.47 Å². The number of hydrogen-bond acceptors (Lipinski definition) is 4. The molecule has 1 saturated heterocycles. The third-order valence-corrected chi connectivity index (χ3v) is 5.16. The summed E-state index contributed by atoms with van der Waals surface area (Å²) in [6.45, 7) is 8.91. The Bertz CT molecular complexity index is 753. The molecule has 4 rings (SSSR count). The molecule has 1 N–H and O–H groups in total. The van der Waals surface area contributed by atoms with Crippen LogP contribution in [0.3, 0.4) is 0 Å². The van der Waals surface area contributed by atoms with E-state index < -0.39 is 0 Å². The van der Waals surface area contributed by atoms with Gasteiger partial charge in [-0.05, 0) is 32.8 Å². The number of fused-ring (bicyclic) bond motifs is 1. The lowest BCUT2D eigenvalue weighted by molar-refractivity contribution is 0.0884. The quantitative estimate of drug-likeness (QED) is 0.907. The first-order chi connectivity index (χ1) is 12.1. The van der Waals surface area contributed by atoms with Crippen LogP contribution in [0.15, 0.2) is 30.6 Å². The molecule has 0 saturated carbocycles. The van der Waals surface area contributed by atoms with Crippen molar-refractivity contribution in [3.8, 4) is 5.75 Å². The Morgan fingerprint density at radius 1 is 1.36 bits per heavy atom. The molecule has 5 nitrogen and oxygen atoms in total. The summed E-state index contributed by atoms with van der Waals surface area (Å²) in [5.41, 5.74) is 2.43. The third kappa shape index (κ3) is 3.18. The lowest BCUT2D eigenvalue weighted by Gasteiger charge is -2.22. The molecule has 2 atom stereocenters. The van der Waals surface area contributed by atoms with E-state index in [-0.39, 0.29) is 17.7 Å². The predicted octanol–water partition coefficient (Wildman–Crippen LogP) is 3.24. The molecule has 0 unspecified atom stereocenters. The van der Waals surface area contributed by atoms with Gasteiger partial charge < -0.3 is 19.4 Å². The number of hydrogen-bond donors (Lipinski definition) is 1. The molecule has 1 fully saturated rings. The summed E-state index contributed by atoms with van der Waals surface area (Å²) < 4.78 is 14.3. The summed E-state index contributed by atoms with van der Waals surface area (Å²) in [7, 11) is 0. The first-order valence-electron chi connectivity index (χ1n) is 9.23. The van der Waals surface area contributed by atoms with Gasteiger partial charge in [0.05, 0.1) is 0 Å². The van der Waals surface area contributed by atoms with Crippen LogP contribution in [-0.4, -0.2) is 27.8 Å². The second kappa shape index (κ2) is 6.46. The number of nitrogens with one attached hydrogen (secondary N) is 1. The van der Waals surface area contributed by atoms with Gasteiger partial charge in [0.15, 0.2) is 0 Å². The lowest BCUT2D eigenvalue weighted by atomic mass is 10.0. The van der Waals surface area contributed by atoms with E-state index in [1.807, 2.05) is 12.4 Å². The van der Waals surface area contributed by atoms with Gasteiger partial charge in [-0.2, -0.15) is 0 Å². The van der Waals surface area contributed by atoms with Gasteiger partial charge >= 0.3 is 0 Å². The Labute approximate surface area is 149 Å². The normalized spacial score (nSPS) is 24.3. The minimum absolute atomic E-state index is 0.0177. The molecule has 1 aromatic carbocycles. The molecule has 2 aliphatic rings. The lowest BCUT2D eigenvalue weighted by Crippen LogP contribution is -2.32. The SMILES string of the molecule is CCn1ccnc1[C@H]1OCC[C@@H]1NCc1cccc2c1OC(C)(C)C2. The molecular formula is C20H27N3O2. The van der Waals surface area contributed by atoms with Crippen molar-refractivity contribution in [3.63, 3.8) is 0 Å². The van der Waals surface area contributed by atoms with Gasteiger partial charge in [0.25, 0.3) is 0 Å². The summed E-state index contributed by atoms with van der Waals surface area (Å²) in [6, 6.07) is 6.74. The maximum absolute atomic E-state index is 6.19. The maximum Gasteiger partial charge on any atom is 0.139 e. The molecule has 134 valence electrons. The average molecular weight is 341 g/mol. The number of aryl methyl sites for hydroxylation is 1. The van der Waals surface area contributed by atoms with Crippen molar-refractivity contribution in [1.82, 2.24) is 14.9 Å². The molecule has 0 bridgehead atoms. The van der Waals surface area contributed by atoms with Crippen LogP contribution in [0.2, 0.25) is 0 Å². The first-order valence-corrected chi connectivity index (χ1v) is 9.23. The van der Waals surface area contributed by atoms with Crippen molar-refractivity contribution < 1.29 is 9.47 Å². The Balaban J connectivity index is 1.48. The Kier molecular flexibility index (Phi) is 4.29. The molecule has 25 heavy (non-hydrogen) atoms. The Hall–Kier alpha value is -1.85. The fourth-order valence-corrected chi connectivity index (χ4v) is 3.96. The van der Waals surface area contributed by atoms with Gasteiger partial charge in [-0.25, -0.2) is 4.98 Å². The maximum atomic E-state index is 6.19. The smallest absolute Gasteiger partial charge is 0.139 e. The molecule has 5 heteroatoms. The van der Waals surface area contributed by atoms with Gasteiger partial charge in [0.1, 0.15) is 23.3 Å². The van der Waals surface area contributed by atoms with Gasteiger partial charge in [-0.3, -0.25) is 0 Å². The largest absolute Gasteiger partial charge is 0.487 e. The van der Waals surface area contributed by atoms with Gasteiger partial charge in [0, 0.05) is 50.1 Å². The number of nitrogens with zero attached hydrogens (tertiary/aromatic N) is 2. The Morgan fingerprint density at radius 3 is 3.08 bits per heavy atom. The van der Waals surface area contributed by atoms with E-state index in [9.17, 15) is 0 Å². The van der Waals surface area contributed by atoms with E-state index in [2.05, 4.69) is 53.8 Å². The summed E-state index contributed by atoms with van der Waals surface area (Å²) in [4.78, 5) is 4.52. The third-order valence-electron chi connectivity index (χ3n) is 5.16. The molecule has 1 aromatic heterocycles. The topological polar surface area (TPSA) is 48.3 Å². The minimum Gasteiger partial charge on any atom is -0.487 e. The van der Waals surface area contributed by atoms with Crippen molar-refractivity contribution in [1.29, 1.82) is 0 Å². The van der Waals surface area contributed by atoms with E-state index in [0.717, 1.165) is 44.1 Å². The van der Waals surface area contributed by atoms with Crippen molar-refractivity contribution >= 4 is 0 Å². The second-order valence-corrected chi connectivity index (χ2v) is 7.58. The Morgan fingerprint density at radius 2 is 2.24 bits per heavy atom. The van der Waals surface area contributed by atoms with Crippen molar-refractivity contribution in [2.75, 3.05) is 6.61 Å². The number of benzene rings is 1. The van der Waals surface area contributed by atoms with Crippen LogP contribution in [0.4, 0.5) is 0 Å². The standard InChI is InChI=1S/C20H27N3O2/c1-4-23-10-9-21-19(23)18-16(8-11-24-18)22-13-15-7-5-6-14-12-20(2,3)25-17(14)15/h5-7,9-10,16,18,22H,4,8,11-13H2,1-3H3/t16-,18-/m0/s1. The van der Waals surface area contributed by atoms with Crippen LogP contribution in [-0.2, 0) is 24.2 Å². The van der Waals surface area contributed by atoms with Crippen LogP contribution in [0.1, 0.15) is 50.2 Å². The predicted molar refractivity (Wildman–Crippen MR) is 96.7 cm³/mol. The van der Waals surface area contributed by atoms with Crippen molar-refractivity contribution in [3.05, 3.63) is 47.5 Å². The highest BCUT2D eigenvalue weighted by Crippen LogP contribution is 2.38. The first kappa shape index (κ1) is 16.6. The van der Waals surface area contributed by atoms with Crippen LogP contribution in [0.5, 0.6) is 5.75 Å². The number of imidazole rings is 1. The van der Waals surface area contributed by atoms with Crippen molar-refractivity contribution in [2.24, 2.45) is 0 Å². The molecular weight excluding hydrogens is 314 g/mol. The zero-order valence-corrected chi connectivity index (χ0v) is 15.3. The fraction of sp³-hybridized carbons (Fsp3) is 0.550. The van der Waals surface area contributed by atoms with Gasteiger partial charge in [-0.1, -0.05) is 18.2 Å². The number of rotatable bonds is 5.